The summed E-state index contributed by atoms with van der Waals surface area (Å²) in [5, 5.41) is 10.3. The molecule has 1 fully saturated rings. The number of carbonyl (C=O) groups is 1. The smallest absolute Gasteiger partial charge is 0.224 e. The molecule has 0 saturated carbocycles. The maximum absolute atomic E-state index is 12.0. The van der Waals surface area contributed by atoms with Crippen molar-refractivity contribution in [3.63, 3.8) is 0 Å². The number of hydrogen-bond acceptors (Lipinski definition) is 4. The number of piperidine rings is 1. The lowest BCUT2D eigenvalue weighted by atomic mass is 10.00. The molecule has 5 heteroatoms. The van der Waals surface area contributed by atoms with Gasteiger partial charge in [-0.3, -0.25) is 4.79 Å². The van der Waals surface area contributed by atoms with Gasteiger partial charge in [0.25, 0.3) is 0 Å². The van der Waals surface area contributed by atoms with Crippen LogP contribution >= 0.6 is 0 Å². The molecule has 1 aromatic rings. The standard InChI is InChI=1S/C13H21N3O2/c1-8-6-11(4-5-14-8)15-13(17)7-12-9(2)16-18-10(12)3/h8,11,14H,4-7H2,1-3H3,(H,15,17). The largest absolute Gasteiger partial charge is 0.361 e. The van der Waals surface area contributed by atoms with Crippen LogP contribution in [-0.4, -0.2) is 29.7 Å². The van der Waals surface area contributed by atoms with E-state index in [0.717, 1.165) is 36.4 Å². The van der Waals surface area contributed by atoms with E-state index in [1.165, 1.54) is 0 Å². The van der Waals surface area contributed by atoms with Gasteiger partial charge in [0.05, 0.1) is 12.1 Å². The Bertz CT molecular complexity index is 408. The summed E-state index contributed by atoms with van der Waals surface area (Å²) in [6.07, 6.45) is 2.35. The molecule has 2 heterocycles. The Morgan fingerprint density at radius 3 is 2.94 bits per heavy atom. The van der Waals surface area contributed by atoms with Crippen molar-refractivity contribution in [2.24, 2.45) is 0 Å². The summed E-state index contributed by atoms with van der Waals surface area (Å²) in [7, 11) is 0. The maximum atomic E-state index is 12.0. The number of amides is 1. The summed E-state index contributed by atoms with van der Waals surface area (Å²) in [6, 6.07) is 0.761. The topological polar surface area (TPSA) is 67.2 Å². The average Bonchev–Trinajstić information content (AvgIpc) is 2.61. The molecule has 1 saturated heterocycles. The van der Waals surface area contributed by atoms with Crippen LogP contribution in [0.1, 0.15) is 36.8 Å². The molecule has 1 aliphatic heterocycles. The Labute approximate surface area is 107 Å². The SMILES string of the molecule is Cc1noc(C)c1CC(=O)NC1CCNC(C)C1. The summed E-state index contributed by atoms with van der Waals surface area (Å²) in [5.41, 5.74) is 1.72. The Morgan fingerprint density at radius 2 is 2.33 bits per heavy atom. The Hall–Kier alpha value is -1.36. The molecule has 18 heavy (non-hydrogen) atoms. The molecule has 2 rings (SSSR count). The number of aromatic nitrogens is 1. The highest BCUT2D eigenvalue weighted by Crippen LogP contribution is 2.14. The Balaban J connectivity index is 1.89. The van der Waals surface area contributed by atoms with Crippen LogP contribution in [0.2, 0.25) is 0 Å². The van der Waals surface area contributed by atoms with Crippen molar-refractivity contribution in [1.29, 1.82) is 0 Å². The molecule has 1 amide bonds. The van der Waals surface area contributed by atoms with Gasteiger partial charge in [-0.05, 0) is 40.2 Å². The molecule has 1 aliphatic rings. The molecule has 0 aromatic carbocycles. The second kappa shape index (κ2) is 5.52. The molecule has 2 N–H and O–H groups in total. The first kappa shape index (κ1) is 13.1. The zero-order valence-corrected chi connectivity index (χ0v) is 11.2. The molecule has 1 aromatic heterocycles. The highest BCUT2D eigenvalue weighted by atomic mass is 16.5. The summed E-state index contributed by atoms with van der Waals surface area (Å²) in [6.45, 7) is 6.82. The molecule has 2 atom stereocenters. The van der Waals surface area contributed by atoms with Crippen LogP contribution in [0.5, 0.6) is 0 Å². The Morgan fingerprint density at radius 1 is 1.56 bits per heavy atom. The van der Waals surface area contributed by atoms with E-state index in [0.29, 0.717) is 12.5 Å². The van der Waals surface area contributed by atoms with Crippen LogP contribution in [0.25, 0.3) is 0 Å². The van der Waals surface area contributed by atoms with Gasteiger partial charge >= 0.3 is 0 Å². The first-order valence-corrected chi connectivity index (χ1v) is 6.50. The van der Waals surface area contributed by atoms with Crippen molar-refractivity contribution in [3.8, 4) is 0 Å². The molecule has 0 bridgehead atoms. The van der Waals surface area contributed by atoms with Crippen molar-refractivity contribution in [1.82, 2.24) is 15.8 Å². The van der Waals surface area contributed by atoms with E-state index >= 15 is 0 Å². The lowest BCUT2D eigenvalue weighted by Crippen LogP contribution is -2.47. The fourth-order valence-corrected chi connectivity index (χ4v) is 2.46. The van der Waals surface area contributed by atoms with Crippen LogP contribution in [0.4, 0.5) is 0 Å². The van der Waals surface area contributed by atoms with E-state index in [4.69, 9.17) is 4.52 Å². The average molecular weight is 251 g/mol. The van der Waals surface area contributed by atoms with Crippen molar-refractivity contribution in [3.05, 3.63) is 17.0 Å². The van der Waals surface area contributed by atoms with E-state index in [9.17, 15) is 4.79 Å². The predicted octanol–water partition coefficient (Wildman–Crippen LogP) is 1.09. The zero-order chi connectivity index (χ0) is 13.1. The van der Waals surface area contributed by atoms with Gasteiger partial charge in [0.2, 0.25) is 5.91 Å². The number of rotatable bonds is 3. The van der Waals surface area contributed by atoms with E-state index in [2.05, 4.69) is 22.7 Å². The van der Waals surface area contributed by atoms with Crippen LogP contribution in [0.15, 0.2) is 4.52 Å². The van der Waals surface area contributed by atoms with E-state index < -0.39 is 0 Å². The highest BCUT2D eigenvalue weighted by molar-refractivity contribution is 5.79. The Kier molecular flexibility index (Phi) is 4.01. The summed E-state index contributed by atoms with van der Waals surface area (Å²) >= 11 is 0. The van der Waals surface area contributed by atoms with Gasteiger partial charge in [-0.15, -0.1) is 0 Å². The van der Waals surface area contributed by atoms with Crippen LogP contribution < -0.4 is 10.6 Å². The molecule has 100 valence electrons. The van der Waals surface area contributed by atoms with Gasteiger partial charge in [-0.1, -0.05) is 5.16 Å². The summed E-state index contributed by atoms with van der Waals surface area (Å²) < 4.78 is 5.06. The van der Waals surface area contributed by atoms with Gasteiger partial charge in [0.1, 0.15) is 5.76 Å². The van der Waals surface area contributed by atoms with Gasteiger partial charge < -0.3 is 15.2 Å². The number of nitrogens with one attached hydrogen (secondary N) is 2. The lowest BCUT2D eigenvalue weighted by Gasteiger charge is -2.28. The van der Waals surface area contributed by atoms with Crippen molar-refractivity contribution >= 4 is 5.91 Å². The van der Waals surface area contributed by atoms with Crippen molar-refractivity contribution < 1.29 is 9.32 Å². The van der Waals surface area contributed by atoms with Gasteiger partial charge in [-0.25, -0.2) is 0 Å². The van der Waals surface area contributed by atoms with E-state index in [-0.39, 0.29) is 11.9 Å². The quantitative estimate of drug-likeness (QED) is 0.844. The molecule has 0 spiro atoms. The first-order valence-electron chi connectivity index (χ1n) is 6.50. The molecule has 2 unspecified atom stereocenters. The summed E-state index contributed by atoms with van der Waals surface area (Å²) in [5.74, 6) is 0.796. The van der Waals surface area contributed by atoms with Crippen LogP contribution in [-0.2, 0) is 11.2 Å². The molecule has 0 aliphatic carbocycles. The minimum atomic E-state index is 0.0588. The van der Waals surface area contributed by atoms with Gasteiger partial charge in [-0.2, -0.15) is 0 Å². The normalized spacial score (nSPS) is 23.9. The summed E-state index contributed by atoms with van der Waals surface area (Å²) in [4.78, 5) is 12.0. The number of hydrogen-bond donors (Lipinski definition) is 2. The van der Waals surface area contributed by atoms with Gasteiger partial charge in [0, 0.05) is 17.6 Å². The predicted molar refractivity (Wildman–Crippen MR) is 68.3 cm³/mol. The third-order valence-corrected chi connectivity index (χ3v) is 3.51. The molecule has 5 nitrogen and oxygen atoms in total. The van der Waals surface area contributed by atoms with Crippen LogP contribution in [0.3, 0.4) is 0 Å². The maximum Gasteiger partial charge on any atom is 0.224 e. The molecular formula is C13H21N3O2. The van der Waals surface area contributed by atoms with E-state index in [1.807, 2.05) is 13.8 Å². The number of nitrogens with zero attached hydrogens (tertiary/aromatic N) is 1. The highest BCUT2D eigenvalue weighted by Gasteiger charge is 2.21. The number of aryl methyl sites for hydroxylation is 2. The molecular weight excluding hydrogens is 230 g/mol. The first-order chi connectivity index (χ1) is 8.56. The fraction of sp³-hybridized carbons (Fsp3) is 0.692. The van der Waals surface area contributed by atoms with Crippen molar-refractivity contribution in [2.75, 3.05) is 6.54 Å². The minimum absolute atomic E-state index is 0.0588. The van der Waals surface area contributed by atoms with Crippen molar-refractivity contribution in [2.45, 2.75) is 52.1 Å². The van der Waals surface area contributed by atoms with Crippen LogP contribution in [0, 0.1) is 13.8 Å². The minimum Gasteiger partial charge on any atom is -0.361 e. The lowest BCUT2D eigenvalue weighted by molar-refractivity contribution is -0.121. The zero-order valence-electron chi connectivity index (χ0n) is 11.2. The monoisotopic (exact) mass is 251 g/mol. The van der Waals surface area contributed by atoms with Gasteiger partial charge in [0.15, 0.2) is 0 Å². The number of carbonyl (C=O) groups excluding carboxylic acids is 1. The second-order valence-electron chi connectivity index (χ2n) is 5.12. The second-order valence-corrected chi connectivity index (χ2v) is 5.12. The van der Waals surface area contributed by atoms with E-state index in [1.54, 1.807) is 0 Å². The third kappa shape index (κ3) is 3.10. The molecule has 0 radical (unpaired) electrons. The fourth-order valence-electron chi connectivity index (χ4n) is 2.46. The third-order valence-electron chi connectivity index (χ3n) is 3.51.